The molecular weight excluding hydrogens is 597 g/mol. The molecule has 0 radical (unpaired) electrons. The van der Waals surface area contributed by atoms with Gasteiger partial charge in [-0.15, -0.1) is 0 Å². The molecule has 0 saturated carbocycles. The highest BCUT2D eigenvalue weighted by Gasteiger charge is 2.20. The van der Waals surface area contributed by atoms with Gasteiger partial charge in [0.1, 0.15) is 0 Å². The second-order valence-corrected chi connectivity index (χ2v) is 12.4. The van der Waals surface area contributed by atoms with Crippen LogP contribution >= 0.6 is 0 Å². The molecule has 10 aromatic rings. The lowest BCUT2D eigenvalue weighted by Crippen LogP contribution is -2.06. The van der Waals surface area contributed by atoms with Crippen molar-refractivity contribution in [3.05, 3.63) is 170 Å². The van der Waals surface area contributed by atoms with Crippen LogP contribution in [0, 0.1) is 0 Å². The molecule has 4 nitrogen and oxygen atoms in total. The van der Waals surface area contributed by atoms with Gasteiger partial charge in [-0.25, -0.2) is 4.98 Å². The van der Waals surface area contributed by atoms with Crippen LogP contribution in [0.1, 0.15) is 0 Å². The number of hydrogen-bond donors (Lipinski definition) is 0. The molecule has 0 fully saturated rings. The lowest BCUT2D eigenvalue weighted by molar-refractivity contribution is 0.954. The molecule has 0 atom stereocenters. The van der Waals surface area contributed by atoms with Gasteiger partial charge in [-0.3, -0.25) is 4.57 Å². The van der Waals surface area contributed by atoms with Crippen molar-refractivity contribution in [2.75, 3.05) is 0 Å². The van der Waals surface area contributed by atoms with Crippen LogP contribution in [0.2, 0.25) is 0 Å². The normalized spacial score (nSPS) is 11.7. The summed E-state index contributed by atoms with van der Waals surface area (Å²) < 4.78 is 2.21. The van der Waals surface area contributed by atoms with Crippen LogP contribution in [0.25, 0.3) is 94.0 Å². The standard InChI is InChI=1S/C45H28N4/c1-2-14-33(15-3-1)43-46-44(34-23-21-32(22-24-34)36-20-10-16-29-11-4-7-17-35(29)36)48-45(47-43)49-39-27-25-30-12-5-8-18-37(30)41(39)42-38-19-9-6-13-31(38)26-28-40(42)49/h1-28H. The lowest BCUT2D eigenvalue weighted by Gasteiger charge is -2.12. The summed E-state index contributed by atoms with van der Waals surface area (Å²) in [5.41, 5.74) is 6.35. The molecule has 0 aliphatic heterocycles. The topological polar surface area (TPSA) is 43.6 Å². The third kappa shape index (κ3) is 4.42. The first-order valence-electron chi connectivity index (χ1n) is 16.5. The molecule has 8 aromatic carbocycles. The zero-order valence-corrected chi connectivity index (χ0v) is 26.5. The molecule has 10 rings (SSSR count). The molecule has 0 unspecified atom stereocenters. The molecule has 4 heteroatoms. The predicted molar refractivity (Wildman–Crippen MR) is 203 cm³/mol. The Morgan fingerprint density at radius 1 is 0.327 bits per heavy atom. The first-order valence-corrected chi connectivity index (χ1v) is 16.5. The highest BCUT2D eigenvalue weighted by molar-refractivity contribution is 6.28. The van der Waals surface area contributed by atoms with Crippen LogP contribution in [-0.4, -0.2) is 19.5 Å². The average molecular weight is 625 g/mol. The van der Waals surface area contributed by atoms with Crippen molar-refractivity contribution in [2.24, 2.45) is 0 Å². The van der Waals surface area contributed by atoms with Crippen LogP contribution in [0.15, 0.2) is 170 Å². The summed E-state index contributed by atoms with van der Waals surface area (Å²) in [6, 6.07) is 59.8. The largest absolute Gasteiger partial charge is 0.278 e. The number of aromatic nitrogens is 4. The van der Waals surface area contributed by atoms with Crippen LogP contribution < -0.4 is 0 Å². The Kier molecular flexibility index (Phi) is 6.15. The fraction of sp³-hybridized carbons (Fsp3) is 0. The molecule has 0 aliphatic rings. The maximum absolute atomic E-state index is 5.23. The molecule has 2 aromatic heterocycles. The Labute approximate surface area is 282 Å². The molecule has 0 amide bonds. The number of hydrogen-bond acceptors (Lipinski definition) is 3. The maximum Gasteiger partial charge on any atom is 0.238 e. The van der Waals surface area contributed by atoms with Crippen molar-refractivity contribution >= 4 is 54.1 Å². The summed E-state index contributed by atoms with van der Waals surface area (Å²) >= 11 is 0. The zero-order chi connectivity index (χ0) is 32.3. The first kappa shape index (κ1) is 27.5. The molecule has 228 valence electrons. The van der Waals surface area contributed by atoms with E-state index in [1.807, 2.05) is 18.2 Å². The summed E-state index contributed by atoms with van der Waals surface area (Å²) in [6.07, 6.45) is 0. The zero-order valence-electron chi connectivity index (χ0n) is 26.5. The Balaban J connectivity index is 1.23. The lowest BCUT2D eigenvalue weighted by atomic mass is 9.97. The van der Waals surface area contributed by atoms with Crippen LogP contribution in [0.5, 0.6) is 0 Å². The molecule has 0 N–H and O–H groups in total. The van der Waals surface area contributed by atoms with Gasteiger partial charge in [0.25, 0.3) is 0 Å². The minimum atomic E-state index is 0.590. The van der Waals surface area contributed by atoms with Gasteiger partial charge in [-0.1, -0.05) is 158 Å². The predicted octanol–water partition coefficient (Wildman–Crippen LogP) is 11.4. The van der Waals surface area contributed by atoms with E-state index in [9.17, 15) is 0 Å². The van der Waals surface area contributed by atoms with E-state index in [2.05, 4.69) is 156 Å². The van der Waals surface area contributed by atoms with Crippen LogP contribution in [0.3, 0.4) is 0 Å². The molecule has 0 spiro atoms. The first-order chi connectivity index (χ1) is 24.3. The Morgan fingerprint density at radius 2 is 0.796 bits per heavy atom. The van der Waals surface area contributed by atoms with Gasteiger partial charge >= 0.3 is 0 Å². The van der Waals surface area contributed by atoms with E-state index in [0.717, 1.165) is 27.7 Å². The summed E-state index contributed by atoms with van der Waals surface area (Å²) in [4.78, 5) is 15.5. The van der Waals surface area contributed by atoms with Crippen molar-refractivity contribution in [1.82, 2.24) is 19.5 Å². The molecule has 0 bridgehead atoms. The second-order valence-electron chi connectivity index (χ2n) is 12.4. The molecule has 0 aliphatic carbocycles. The number of nitrogens with zero attached hydrogens (tertiary/aromatic N) is 4. The van der Waals surface area contributed by atoms with Gasteiger partial charge in [0.2, 0.25) is 5.95 Å². The highest BCUT2D eigenvalue weighted by atomic mass is 15.2. The van der Waals surface area contributed by atoms with E-state index in [1.54, 1.807) is 0 Å². The van der Waals surface area contributed by atoms with Crippen molar-refractivity contribution in [1.29, 1.82) is 0 Å². The number of benzene rings is 8. The monoisotopic (exact) mass is 624 g/mol. The van der Waals surface area contributed by atoms with Crippen molar-refractivity contribution < 1.29 is 0 Å². The summed E-state index contributed by atoms with van der Waals surface area (Å²) in [7, 11) is 0. The van der Waals surface area contributed by atoms with Crippen molar-refractivity contribution in [3.63, 3.8) is 0 Å². The van der Waals surface area contributed by atoms with Gasteiger partial charge < -0.3 is 0 Å². The number of fused-ring (bicyclic) bond motifs is 8. The van der Waals surface area contributed by atoms with E-state index < -0.39 is 0 Å². The summed E-state index contributed by atoms with van der Waals surface area (Å²) in [5, 5.41) is 9.69. The minimum Gasteiger partial charge on any atom is -0.278 e. The SMILES string of the molecule is c1ccc(-c2nc(-c3ccc(-c4cccc5ccccc45)cc3)nc(-n3c4ccc5ccccc5c4c4c5ccccc5ccc43)n2)cc1. The second kappa shape index (κ2) is 11.0. The van der Waals surface area contributed by atoms with Crippen molar-refractivity contribution in [2.45, 2.75) is 0 Å². The van der Waals surface area contributed by atoms with E-state index in [-0.39, 0.29) is 0 Å². The molecular formula is C45H28N4. The third-order valence-corrected chi connectivity index (χ3v) is 9.65. The number of rotatable bonds is 4. The van der Waals surface area contributed by atoms with E-state index in [0.29, 0.717) is 17.6 Å². The molecule has 0 saturated heterocycles. The Hall–Kier alpha value is -6.65. The van der Waals surface area contributed by atoms with Gasteiger partial charge in [-0.2, -0.15) is 9.97 Å². The molecule has 2 heterocycles. The van der Waals surface area contributed by atoms with E-state index in [1.165, 1.54) is 48.7 Å². The Bertz CT molecular complexity index is 2770. The van der Waals surface area contributed by atoms with Gasteiger partial charge in [0, 0.05) is 21.9 Å². The molecule has 49 heavy (non-hydrogen) atoms. The highest BCUT2D eigenvalue weighted by Crippen LogP contribution is 2.40. The van der Waals surface area contributed by atoms with Gasteiger partial charge in [-0.05, 0) is 55.6 Å². The third-order valence-electron chi connectivity index (χ3n) is 9.65. The fourth-order valence-corrected chi connectivity index (χ4v) is 7.35. The summed E-state index contributed by atoms with van der Waals surface area (Å²) in [6.45, 7) is 0. The van der Waals surface area contributed by atoms with Crippen molar-refractivity contribution in [3.8, 4) is 39.9 Å². The van der Waals surface area contributed by atoms with E-state index >= 15 is 0 Å². The Morgan fingerprint density at radius 3 is 1.41 bits per heavy atom. The summed E-state index contributed by atoms with van der Waals surface area (Å²) in [5.74, 6) is 1.85. The van der Waals surface area contributed by atoms with E-state index in [4.69, 9.17) is 15.0 Å². The maximum atomic E-state index is 5.23. The average Bonchev–Trinajstić information content (AvgIpc) is 3.53. The van der Waals surface area contributed by atoms with Gasteiger partial charge in [0.15, 0.2) is 11.6 Å². The van der Waals surface area contributed by atoms with Crippen LogP contribution in [-0.2, 0) is 0 Å². The quantitative estimate of drug-likeness (QED) is 0.196. The fourth-order valence-electron chi connectivity index (χ4n) is 7.35. The van der Waals surface area contributed by atoms with Gasteiger partial charge in [0.05, 0.1) is 11.0 Å². The van der Waals surface area contributed by atoms with Crippen LogP contribution in [0.4, 0.5) is 0 Å². The minimum absolute atomic E-state index is 0.590. The smallest absolute Gasteiger partial charge is 0.238 e.